The Morgan fingerprint density at radius 2 is 2.36 bits per heavy atom. The molecule has 2 aromatic heterocycles. The van der Waals surface area contributed by atoms with Gasteiger partial charge in [-0.2, -0.15) is 0 Å². The molecule has 0 spiro atoms. The number of ether oxygens (including phenoxy) is 1. The van der Waals surface area contributed by atoms with E-state index in [0.29, 0.717) is 19.7 Å². The summed E-state index contributed by atoms with van der Waals surface area (Å²) in [6.45, 7) is 2.30. The molecule has 1 aliphatic rings. The molecule has 0 bridgehead atoms. The van der Waals surface area contributed by atoms with Crippen LogP contribution in [0.2, 0.25) is 0 Å². The largest absolute Gasteiger partial charge is 0.360 e. The maximum absolute atomic E-state index is 11.6. The van der Waals surface area contributed by atoms with Gasteiger partial charge in [0.1, 0.15) is 21.7 Å². The van der Waals surface area contributed by atoms with Gasteiger partial charge in [0, 0.05) is 37.0 Å². The van der Waals surface area contributed by atoms with Crippen LogP contribution in [0, 0.1) is 0 Å². The zero-order valence-electron chi connectivity index (χ0n) is 14.1. The van der Waals surface area contributed by atoms with Crippen molar-refractivity contribution in [1.82, 2.24) is 19.8 Å². The molecule has 3 heterocycles. The molecule has 1 aliphatic heterocycles. The average molecular weight is 405 g/mol. The molecule has 0 saturated carbocycles. The summed E-state index contributed by atoms with van der Waals surface area (Å²) in [7, 11) is -1.10. The second-order valence-corrected chi connectivity index (χ2v) is 10.0. The normalized spacial score (nSPS) is 21.0. The first kappa shape index (κ1) is 18.9. The fourth-order valence-corrected chi connectivity index (χ4v) is 4.96. The van der Waals surface area contributed by atoms with Crippen molar-refractivity contribution in [3.63, 3.8) is 0 Å². The third-order valence-electron chi connectivity index (χ3n) is 4.10. The van der Waals surface area contributed by atoms with Gasteiger partial charge in [0.15, 0.2) is 0 Å². The minimum atomic E-state index is -3.03. The molecule has 0 amide bonds. The molecular formula is C15H21ClN4O3S2. The van der Waals surface area contributed by atoms with Gasteiger partial charge in [-0.05, 0) is 13.1 Å². The van der Waals surface area contributed by atoms with Crippen molar-refractivity contribution < 1.29 is 13.2 Å². The van der Waals surface area contributed by atoms with Gasteiger partial charge < -0.3 is 4.74 Å². The number of hydrogen-bond donors (Lipinski definition) is 0. The number of rotatable bonds is 6. The predicted molar refractivity (Wildman–Crippen MR) is 99.7 cm³/mol. The molecule has 138 valence electrons. The minimum Gasteiger partial charge on any atom is -0.360 e. The number of halogens is 1. The SMILES string of the molecule is CN(CCS(C)(=O)=O)C(c1cc2ncncc2s1)N1CCOC(Cl)C1. The maximum atomic E-state index is 11.6. The van der Waals surface area contributed by atoms with Crippen LogP contribution in [0.1, 0.15) is 11.0 Å². The van der Waals surface area contributed by atoms with Crippen LogP contribution in [-0.2, 0) is 14.6 Å². The zero-order valence-corrected chi connectivity index (χ0v) is 16.5. The summed E-state index contributed by atoms with van der Waals surface area (Å²) in [6.07, 6.45) is 4.51. The Hall–Kier alpha value is -0.840. The lowest BCUT2D eigenvalue weighted by atomic mass is 10.2. The van der Waals surface area contributed by atoms with Crippen molar-refractivity contribution in [2.24, 2.45) is 0 Å². The van der Waals surface area contributed by atoms with Crippen molar-refractivity contribution in [1.29, 1.82) is 0 Å². The quantitative estimate of drug-likeness (QED) is 0.676. The topological polar surface area (TPSA) is 75.6 Å². The summed E-state index contributed by atoms with van der Waals surface area (Å²) in [4.78, 5) is 13.7. The monoisotopic (exact) mass is 404 g/mol. The van der Waals surface area contributed by atoms with Gasteiger partial charge in [-0.25, -0.2) is 18.4 Å². The van der Waals surface area contributed by atoms with E-state index in [1.807, 2.05) is 18.0 Å². The summed E-state index contributed by atoms with van der Waals surface area (Å²) in [5.41, 5.74) is 0.529. The average Bonchev–Trinajstić information content (AvgIpc) is 2.96. The van der Waals surface area contributed by atoms with Gasteiger partial charge >= 0.3 is 0 Å². The fourth-order valence-electron chi connectivity index (χ4n) is 2.89. The lowest BCUT2D eigenvalue weighted by Crippen LogP contribution is -2.48. The number of fused-ring (bicyclic) bond motifs is 1. The first-order valence-electron chi connectivity index (χ1n) is 7.90. The Kier molecular flexibility index (Phi) is 5.92. The molecule has 25 heavy (non-hydrogen) atoms. The Labute approximate surface area is 156 Å². The van der Waals surface area contributed by atoms with Crippen LogP contribution >= 0.6 is 22.9 Å². The number of hydrogen-bond acceptors (Lipinski definition) is 8. The van der Waals surface area contributed by atoms with E-state index in [0.717, 1.165) is 21.6 Å². The van der Waals surface area contributed by atoms with Crippen LogP contribution in [0.3, 0.4) is 0 Å². The van der Waals surface area contributed by atoms with Crippen molar-refractivity contribution in [2.75, 3.05) is 45.3 Å². The Morgan fingerprint density at radius 3 is 3.04 bits per heavy atom. The number of sulfone groups is 1. The zero-order chi connectivity index (χ0) is 18.0. The summed E-state index contributed by atoms with van der Waals surface area (Å²) in [5.74, 6) is 0.110. The molecule has 2 aromatic rings. The van der Waals surface area contributed by atoms with Crippen LogP contribution in [0.15, 0.2) is 18.6 Å². The van der Waals surface area contributed by atoms with Gasteiger partial charge in [-0.3, -0.25) is 9.80 Å². The molecule has 0 aliphatic carbocycles. The highest BCUT2D eigenvalue weighted by Gasteiger charge is 2.31. The summed E-state index contributed by atoms with van der Waals surface area (Å²) < 4.78 is 29.6. The van der Waals surface area contributed by atoms with E-state index in [1.165, 1.54) is 12.6 Å². The molecule has 2 unspecified atom stereocenters. The number of morpholine rings is 1. The summed E-state index contributed by atoms with van der Waals surface area (Å²) >= 11 is 7.80. The lowest BCUT2D eigenvalue weighted by molar-refractivity contribution is -0.0402. The molecule has 0 N–H and O–H groups in total. The molecule has 7 nitrogen and oxygen atoms in total. The highest BCUT2D eigenvalue weighted by atomic mass is 35.5. The highest BCUT2D eigenvalue weighted by Crippen LogP contribution is 2.34. The van der Waals surface area contributed by atoms with E-state index in [-0.39, 0.29) is 17.5 Å². The van der Waals surface area contributed by atoms with E-state index in [9.17, 15) is 8.42 Å². The number of nitrogens with zero attached hydrogens (tertiary/aromatic N) is 4. The predicted octanol–water partition coefficient (Wildman–Crippen LogP) is 1.56. The Balaban J connectivity index is 1.90. The van der Waals surface area contributed by atoms with Crippen LogP contribution in [0.25, 0.3) is 10.2 Å². The van der Waals surface area contributed by atoms with Crippen molar-refractivity contribution in [3.8, 4) is 0 Å². The van der Waals surface area contributed by atoms with Crippen LogP contribution in [0.4, 0.5) is 0 Å². The van der Waals surface area contributed by atoms with Crippen LogP contribution in [-0.4, -0.2) is 79.0 Å². The van der Waals surface area contributed by atoms with Crippen molar-refractivity contribution in [2.45, 2.75) is 11.7 Å². The van der Waals surface area contributed by atoms with Crippen LogP contribution < -0.4 is 0 Å². The van der Waals surface area contributed by atoms with Gasteiger partial charge in [0.2, 0.25) is 0 Å². The van der Waals surface area contributed by atoms with Gasteiger partial charge in [0.05, 0.1) is 28.7 Å². The third-order valence-corrected chi connectivity index (χ3v) is 6.39. The van der Waals surface area contributed by atoms with E-state index in [1.54, 1.807) is 17.5 Å². The first-order chi connectivity index (χ1) is 11.8. The number of alkyl halides is 1. The van der Waals surface area contributed by atoms with E-state index in [2.05, 4.69) is 14.9 Å². The van der Waals surface area contributed by atoms with Gasteiger partial charge in [-0.15, -0.1) is 11.3 Å². The standard InChI is InChI=1S/C15H21ClN4O3S2/c1-19(4-6-25(2,21)22)15(20-3-5-23-14(16)9-20)12-7-11-13(24-12)8-17-10-18-11/h7-8,10,14-15H,3-6,9H2,1-2H3. The molecule has 3 rings (SSSR count). The fraction of sp³-hybridized carbons (Fsp3) is 0.600. The van der Waals surface area contributed by atoms with Gasteiger partial charge in [0.25, 0.3) is 0 Å². The second kappa shape index (κ2) is 7.81. The van der Waals surface area contributed by atoms with Crippen molar-refractivity contribution in [3.05, 3.63) is 23.5 Å². The second-order valence-electron chi connectivity index (χ2n) is 6.18. The van der Waals surface area contributed by atoms with Gasteiger partial charge in [-0.1, -0.05) is 11.6 Å². The molecule has 10 heteroatoms. The molecular weight excluding hydrogens is 384 g/mol. The maximum Gasteiger partial charge on any atom is 0.148 e. The van der Waals surface area contributed by atoms with E-state index >= 15 is 0 Å². The van der Waals surface area contributed by atoms with Crippen LogP contribution in [0.5, 0.6) is 0 Å². The molecule has 2 atom stereocenters. The highest BCUT2D eigenvalue weighted by molar-refractivity contribution is 7.90. The summed E-state index contributed by atoms with van der Waals surface area (Å²) in [6, 6.07) is 2.04. The summed E-state index contributed by atoms with van der Waals surface area (Å²) in [5, 5.41) is 0. The Morgan fingerprint density at radius 1 is 1.56 bits per heavy atom. The van der Waals surface area contributed by atoms with E-state index in [4.69, 9.17) is 16.3 Å². The molecule has 1 fully saturated rings. The van der Waals surface area contributed by atoms with E-state index < -0.39 is 9.84 Å². The first-order valence-corrected chi connectivity index (χ1v) is 11.2. The third kappa shape index (κ3) is 4.87. The minimum absolute atomic E-state index is 0.0777. The smallest absolute Gasteiger partial charge is 0.148 e. The lowest BCUT2D eigenvalue weighted by Gasteiger charge is -2.40. The number of aromatic nitrogens is 2. The Bertz CT molecular complexity index is 796. The molecule has 0 radical (unpaired) electrons. The molecule has 0 aromatic carbocycles. The molecule has 1 saturated heterocycles. The number of thiophene rings is 1. The van der Waals surface area contributed by atoms with Crippen molar-refractivity contribution >= 4 is 43.0 Å².